The van der Waals surface area contributed by atoms with Gasteiger partial charge in [-0.15, -0.1) is 0 Å². The molecule has 0 spiro atoms. The first-order chi connectivity index (χ1) is 19.9. The van der Waals surface area contributed by atoms with Crippen LogP contribution >= 0.6 is 0 Å². The zero-order chi connectivity index (χ0) is 28.9. The zero-order valence-electron chi connectivity index (χ0n) is 24.0. The van der Waals surface area contributed by atoms with E-state index in [1.165, 1.54) is 25.9 Å². The van der Waals surface area contributed by atoms with Crippen LogP contribution in [0.15, 0.2) is 42.9 Å². The fraction of sp³-hybridized carbons (Fsp3) is 0.483. The van der Waals surface area contributed by atoms with Gasteiger partial charge in [0.2, 0.25) is 5.88 Å². The molecule has 4 aromatic rings. The Kier molecular flexibility index (Phi) is 8.79. The lowest BCUT2D eigenvalue weighted by Gasteiger charge is -2.41. The highest BCUT2D eigenvalue weighted by molar-refractivity contribution is 5.98. The minimum atomic E-state index is -0.833. The maximum Gasteiger partial charge on any atom is 0.300 e. The fourth-order valence-corrected chi connectivity index (χ4v) is 5.81. The van der Waals surface area contributed by atoms with Crippen LogP contribution in [0.2, 0.25) is 0 Å². The number of nitrogen functional groups attached to an aromatic ring is 1. The lowest BCUT2D eigenvalue weighted by molar-refractivity contribution is -0.134. The molecule has 2 fully saturated rings. The summed E-state index contributed by atoms with van der Waals surface area (Å²) in [6.45, 7) is 8.30. The summed E-state index contributed by atoms with van der Waals surface area (Å²) in [7, 11) is 2.21. The Balaban J connectivity index is 0.000000794. The molecule has 218 valence electrons. The van der Waals surface area contributed by atoms with E-state index in [4.69, 9.17) is 25.5 Å². The van der Waals surface area contributed by atoms with Crippen molar-refractivity contribution in [2.24, 2.45) is 0 Å². The quantitative estimate of drug-likeness (QED) is 0.359. The molecule has 12 heteroatoms. The topological polar surface area (TPSA) is 140 Å². The number of nitrogens with two attached hydrogens (primary N) is 1. The molecule has 41 heavy (non-hydrogen) atoms. The van der Waals surface area contributed by atoms with Crippen molar-refractivity contribution in [1.29, 1.82) is 0 Å². The van der Waals surface area contributed by atoms with Crippen molar-refractivity contribution in [2.45, 2.75) is 51.6 Å². The van der Waals surface area contributed by atoms with Crippen LogP contribution in [0.25, 0.3) is 28.0 Å². The Morgan fingerprint density at radius 2 is 1.68 bits per heavy atom. The molecule has 3 N–H and O–H groups in total. The van der Waals surface area contributed by atoms with Crippen LogP contribution in [0.5, 0.6) is 5.88 Å². The molecule has 1 saturated carbocycles. The number of piperazine rings is 1. The molecule has 0 bridgehead atoms. The average Bonchev–Trinajstić information content (AvgIpc) is 3.60. The lowest BCUT2D eigenvalue weighted by atomic mass is 9.90. The molecular weight excluding hydrogens is 522 g/mol. The van der Waals surface area contributed by atoms with Crippen LogP contribution in [0, 0.1) is 0 Å². The largest absolute Gasteiger partial charge is 0.481 e. The molecule has 3 aromatic heterocycles. The number of rotatable bonds is 6. The number of anilines is 1. The van der Waals surface area contributed by atoms with Gasteiger partial charge in [-0.3, -0.25) is 9.69 Å². The van der Waals surface area contributed by atoms with Crippen LogP contribution in [0.1, 0.15) is 45.6 Å². The third kappa shape index (κ3) is 6.33. The first-order valence-electron chi connectivity index (χ1n) is 14.2. The first-order valence-corrected chi connectivity index (χ1v) is 14.2. The Labute approximate surface area is 239 Å². The van der Waals surface area contributed by atoms with Crippen molar-refractivity contribution in [3.63, 3.8) is 0 Å². The van der Waals surface area contributed by atoms with Gasteiger partial charge in [0.1, 0.15) is 17.8 Å². The molecule has 0 unspecified atom stereocenters. The predicted molar refractivity (Wildman–Crippen MR) is 157 cm³/mol. The van der Waals surface area contributed by atoms with Crippen LogP contribution in [0.4, 0.5) is 5.82 Å². The number of likely N-dealkylation sites (N-methyl/N-ethyl adjacent to an activating group) is 1. The summed E-state index contributed by atoms with van der Waals surface area (Å²) >= 11 is 0. The fourth-order valence-electron chi connectivity index (χ4n) is 5.81. The SMILES string of the molecule is CC(=O)O.CCOc1ccnn1-c1ccc(-c2nn([C@H]3CC[C@H](N4CCN(C)CC4)CC3)c3ncnc(N)c23)cc1. The van der Waals surface area contributed by atoms with E-state index in [1.54, 1.807) is 17.2 Å². The van der Waals surface area contributed by atoms with Crippen LogP contribution in [-0.2, 0) is 4.79 Å². The molecule has 1 aliphatic carbocycles. The summed E-state index contributed by atoms with van der Waals surface area (Å²) in [5.41, 5.74) is 9.93. The Morgan fingerprint density at radius 3 is 2.34 bits per heavy atom. The number of nitrogens with zero attached hydrogens (tertiary/aromatic N) is 8. The average molecular weight is 562 g/mol. The monoisotopic (exact) mass is 561 g/mol. The first kappa shape index (κ1) is 28.5. The summed E-state index contributed by atoms with van der Waals surface area (Å²) in [6.07, 6.45) is 7.85. The number of aromatic nitrogens is 6. The van der Waals surface area contributed by atoms with Gasteiger partial charge in [-0.2, -0.15) is 10.2 Å². The van der Waals surface area contributed by atoms with Gasteiger partial charge in [0, 0.05) is 50.8 Å². The maximum absolute atomic E-state index is 9.00. The van der Waals surface area contributed by atoms with Crippen LogP contribution in [-0.4, -0.2) is 96.3 Å². The number of carboxylic acid groups (broad SMARTS) is 1. The van der Waals surface area contributed by atoms with Crippen molar-refractivity contribution in [3.05, 3.63) is 42.9 Å². The molecule has 1 saturated heterocycles. The van der Waals surface area contributed by atoms with Crippen LogP contribution < -0.4 is 10.5 Å². The van der Waals surface area contributed by atoms with Gasteiger partial charge in [0.25, 0.3) is 5.97 Å². The number of hydrogen-bond donors (Lipinski definition) is 2. The van der Waals surface area contributed by atoms with Gasteiger partial charge in [-0.25, -0.2) is 19.3 Å². The Morgan fingerprint density at radius 1 is 1.02 bits per heavy atom. The maximum atomic E-state index is 9.00. The van der Waals surface area contributed by atoms with E-state index in [-0.39, 0.29) is 0 Å². The third-order valence-corrected chi connectivity index (χ3v) is 7.87. The van der Waals surface area contributed by atoms with Crippen molar-refractivity contribution < 1.29 is 14.6 Å². The molecule has 0 atom stereocenters. The Bertz CT molecular complexity index is 1450. The number of benzene rings is 1. The second kappa shape index (κ2) is 12.6. The minimum absolute atomic E-state index is 0.311. The number of carbonyl (C=O) groups is 1. The second-order valence-corrected chi connectivity index (χ2v) is 10.6. The number of carboxylic acids is 1. The van der Waals surface area contributed by atoms with E-state index in [0.717, 1.165) is 66.7 Å². The molecule has 1 aliphatic heterocycles. The molecule has 0 radical (unpaired) electrons. The van der Waals surface area contributed by atoms with E-state index in [2.05, 4.69) is 48.7 Å². The normalized spacial score (nSPS) is 20.0. The van der Waals surface area contributed by atoms with Crippen molar-refractivity contribution in [3.8, 4) is 22.8 Å². The zero-order valence-corrected chi connectivity index (χ0v) is 24.0. The van der Waals surface area contributed by atoms with Crippen molar-refractivity contribution in [2.75, 3.05) is 45.6 Å². The van der Waals surface area contributed by atoms with Gasteiger partial charge in [0.15, 0.2) is 5.65 Å². The van der Waals surface area contributed by atoms with Gasteiger partial charge in [-0.05, 0) is 51.8 Å². The number of aliphatic carboxylic acids is 1. The lowest BCUT2D eigenvalue weighted by Crippen LogP contribution is -2.49. The highest BCUT2D eigenvalue weighted by Crippen LogP contribution is 2.37. The number of hydrogen-bond acceptors (Lipinski definition) is 9. The van der Waals surface area contributed by atoms with Gasteiger partial charge in [-0.1, -0.05) is 12.1 Å². The summed E-state index contributed by atoms with van der Waals surface area (Å²) < 4.78 is 9.59. The smallest absolute Gasteiger partial charge is 0.300 e. The van der Waals surface area contributed by atoms with E-state index in [1.807, 2.05) is 25.1 Å². The van der Waals surface area contributed by atoms with Gasteiger partial charge in [0.05, 0.1) is 29.9 Å². The Hall–Kier alpha value is -4.03. The van der Waals surface area contributed by atoms with Crippen LogP contribution in [0.3, 0.4) is 0 Å². The summed E-state index contributed by atoms with van der Waals surface area (Å²) in [5, 5.41) is 17.7. The standard InChI is InChI=1S/C27H35N9O.C2H4O2/c1-3-37-23-12-13-31-35(23)21-6-4-19(5-7-21)25-24-26(28)29-18-30-27(24)36(32-25)22-10-8-20(9-11-22)34-16-14-33(2)15-17-34;1-2(3)4/h4-7,12-13,18,20,22H,3,8-11,14-17H2,1-2H3,(H2,28,29,30);1H3,(H,3,4)/t20-,22-;. The minimum Gasteiger partial charge on any atom is -0.481 e. The molecule has 4 heterocycles. The van der Waals surface area contributed by atoms with E-state index >= 15 is 0 Å². The van der Waals surface area contributed by atoms with Gasteiger partial charge < -0.3 is 20.5 Å². The van der Waals surface area contributed by atoms with E-state index in [0.29, 0.717) is 24.5 Å². The highest BCUT2D eigenvalue weighted by Gasteiger charge is 2.30. The predicted octanol–water partition coefficient (Wildman–Crippen LogP) is 3.48. The second-order valence-electron chi connectivity index (χ2n) is 10.6. The summed E-state index contributed by atoms with van der Waals surface area (Å²) in [6, 6.07) is 11.0. The van der Waals surface area contributed by atoms with E-state index < -0.39 is 5.97 Å². The summed E-state index contributed by atoms with van der Waals surface area (Å²) in [4.78, 5) is 23.0. The highest BCUT2D eigenvalue weighted by atomic mass is 16.5. The molecule has 2 aliphatic rings. The van der Waals surface area contributed by atoms with Crippen molar-refractivity contribution in [1.82, 2.24) is 39.3 Å². The molecule has 12 nitrogen and oxygen atoms in total. The molecule has 0 amide bonds. The van der Waals surface area contributed by atoms with E-state index in [9.17, 15) is 0 Å². The van der Waals surface area contributed by atoms with Gasteiger partial charge >= 0.3 is 0 Å². The summed E-state index contributed by atoms with van der Waals surface area (Å²) in [5.74, 6) is 0.349. The third-order valence-electron chi connectivity index (χ3n) is 7.87. The molecule has 1 aromatic carbocycles. The molecular formula is C29H39N9O3. The number of fused-ring (bicyclic) bond motifs is 1. The molecule has 6 rings (SSSR count). The number of ether oxygens (including phenoxy) is 1. The van der Waals surface area contributed by atoms with Crippen molar-refractivity contribution >= 4 is 22.8 Å².